The van der Waals surface area contributed by atoms with Crippen LogP contribution in [0.2, 0.25) is 0 Å². The van der Waals surface area contributed by atoms with Crippen molar-refractivity contribution in [2.45, 2.75) is 76.3 Å². The zero-order chi connectivity index (χ0) is 29.6. The average molecular weight is 594 g/mol. The highest BCUT2D eigenvalue weighted by molar-refractivity contribution is 5.95. The lowest BCUT2D eigenvalue weighted by Crippen LogP contribution is -2.59. The van der Waals surface area contributed by atoms with Gasteiger partial charge >= 0.3 is 0 Å². The Morgan fingerprint density at radius 3 is 2.58 bits per heavy atom. The highest BCUT2D eigenvalue weighted by atomic mass is 19.3. The molecule has 5 heterocycles. The van der Waals surface area contributed by atoms with E-state index in [9.17, 15) is 8.78 Å². The van der Waals surface area contributed by atoms with E-state index in [1.165, 1.54) is 57.3 Å². The van der Waals surface area contributed by atoms with Crippen LogP contribution in [0.4, 0.5) is 14.5 Å². The fourth-order valence-corrected chi connectivity index (χ4v) is 8.16. The molecule has 0 radical (unpaired) electrons. The highest BCUT2D eigenvalue weighted by Gasteiger charge is 2.40. The summed E-state index contributed by atoms with van der Waals surface area (Å²) in [6.45, 7) is 7.17. The minimum atomic E-state index is -2.59. The zero-order valence-corrected chi connectivity index (χ0v) is 25.5. The Kier molecular flexibility index (Phi) is 8.03. The third kappa shape index (κ3) is 5.73. The summed E-state index contributed by atoms with van der Waals surface area (Å²) in [5.41, 5.74) is 13.0. The molecule has 43 heavy (non-hydrogen) atoms. The Labute approximate surface area is 253 Å². The van der Waals surface area contributed by atoms with Gasteiger partial charge in [-0.25, -0.2) is 13.4 Å². The minimum Gasteiger partial charge on any atom is -0.385 e. The second-order valence-corrected chi connectivity index (χ2v) is 13.6. The zero-order valence-electron chi connectivity index (χ0n) is 25.5. The van der Waals surface area contributed by atoms with Crippen LogP contribution < -0.4 is 21.7 Å². The third-order valence-corrected chi connectivity index (χ3v) is 11.0. The first-order chi connectivity index (χ1) is 20.9. The SMILES string of the molecule is Cn1cc(-c2cc3c(cc2C(F)F)[N+](=C(N)C2=C(NC4CCC5(CC4)CCN(C4CNC4)CC5)CCNC2)CCC3)cn1. The van der Waals surface area contributed by atoms with Crippen LogP contribution in [-0.4, -0.2) is 83.0 Å². The molecule has 1 saturated carbocycles. The number of fused-ring (bicyclic) bond motifs is 1. The molecule has 8 nitrogen and oxygen atoms in total. The maximum atomic E-state index is 14.4. The number of halogens is 2. The number of amidine groups is 1. The standard InChI is InChI=1S/C33H46F2N8/c1-41-21-23(17-39-41)26-15-22-3-2-12-43(30(22)16-27(26)31(34)35)32(36)28-20-37-11-6-29(28)40-24-4-7-33(8-5-24)9-13-42(14-10-33)25-18-38-19-25/h15-17,21,24-25,31,37-38H,2-14,18-20H2,1H3,(H2,36,40)/p+1. The van der Waals surface area contributed by atoms with Gasteiger partial charge in [-0.1, -0.05) is 0 Å². The first-order valence-corrected chi connectivity index (χ1v) is 16.4. The summed E-state index contributed by atoms with van der Waals surface area (Å²) in [5, 5.41) is 15.1. The summed E-state index contributed by atoms with van der Waals surface area (Å²) in [5.74, 6) is 0.690. The van der Waals surface area contributed by atoms with Crippen LogP contribution in [0.5, 0.6) is 0 Å². The number of likely N-dealkylation sites (tertiary alicyclic amines) is 1. The summed E-state index contributed by atoms with van der Waals surface area (Å²) in [6, 6.07) is 4.84. The second-order valence-electron chi connectivity index (χ2n) is 13.6. The predicted molar refractivity (Wildman–Crippen MR) is 166 cm³/mol. The number of alkyl halides is 2. The highest BCUT2D eigenvalue weighted by Crippen LogP contribution is 2.45. The van der Waals surface area contributed by atoms with Crippen LogP contribution >= 0.6 is 0 Å². The fourth-order valence-electron chi connectivity index (χ4n) is 8.16. The van der Waals surface area contributed by atoms with Gasteiger partial charge in [0.2, 0.25) is 0 Å². The Bertz CT molecular complexity index is 1390. The molecular weight excluding hydrogens is 546 g/mol. The van der Waals surface area contributed by atoms with Crippen LogP contribution in [0.3, 0.4) is 0 Å². The summed E-state index contributed by atoms with van der Waals surface area (Å²) < 4.78 is 32.5. The van der Waals surface area contributed by atoms with Gasteiger partial charge in [0.15, 0.2) is 0 Å². The molecule has 1 aromatic heterocycles. The van der Waals surface area contributed by atoms with Gasteiger partial charge in [0, 0.05) is 74.8 Å². The van der Waals surface area contributed by atoms with Crippen molar-refractivity contribution < 1.29 is 13.4 Å². The molecule has 1 aromatic carbocycles. The lowest BCUT2D eigenvalue weighted by atomic mass is 9.66. The molecule has 2 saturated heterocycles. The first-order valence-electron chi connectivity index (χ1n) is 16.4. The molecule has 1 spiro atoms. The fraction of sp³-hybridized carbons (Fsp3) is 0.636. The van der Waals surface area contributed by atoms with E-state index >= 15 is 0 Å². The van der Waals surface area contributed by atoms with Gasteiger partial charge in [-0.15, -0.1) is 0 Å². The van der Waals surface area contributed by atoms with Crippen molar-refractivity contribution in [2.24, 2.45) is 18.2 Å². The van der Waals surface area contributed by atoms with E-state index in [0.717, 1.165) is 73.9 Å². The van der Waals surface area contributed by atoms with Gasteiger partial charge in [0.05, 0.1) is 18.3 Å². The summed E-state index contributed by atoms with van der Waals surface area (Å²) >= 11 is 0. The molecular formula is C33H47F2N8+. The smallest absolute Gasteiger partial charge is 0.279 e. The quantitative estimate of drug-likeness (QED) is 0.301. The van der Waals surface area contributed by atoms with E-state index < -0.39 is 6.43 Å². The number of aryl methyl sites for hydroxylation is 2. The van der Waals surface area contributed by atoms with Crippen LogP contribution in [0.15, 0.2) is 35.8 Å². The molecule has 5 aliphatic rings. The summed E-state index contributed by atoms with van der Waals surface area (Å²) in [7, 11) is 1.81. The number of rotatable bonds is 6. The summed E-state index contributed by atoms with van der Waals surface area (Å²) in [6.07, 6.45) is 11.2. The monoisotopic (exact) mass is 593 g/mol. The predicted octanol–water partition coefficient (Wildman–Crippen LogP) is 3.81. The molecule has 2 aromatic rings. The van der Waals surface area contributed by atoms with E-state index in [-0.39, 0.29) is 5.56 Å². The van der Waals surface area contributed by atoms with Crippen molar-refractivity contribution in [3.63, 3.8) is 0 Å². The Morgan fingerprint density at radius 1 is 1.12 bits per heavy atom. The molecule has 4 aliphatic heterocycles. The maximum Gasteiger partial charge on any atom is 0.279 e. The van der Waals surface area contributed by atoms with E-state index in [1.807, 2.05) is 13.1 Å². The van der Waals surface area contributed by atoms with Crippen molar-refractivity contribution in [1.82, 2.24) is 30.6 Å². The molecule has 0 amide bonds. The van der Waals surface area contributed by atoms with E-state index in [4.69, 9.17) is 5.73 Å². The number of hydrogen-bond donors (Lipinski definition) is 4. The van der Waals surface area contributed by atoms with Gasteiger partial charge < -0.3 is 16.0 Å². The van der Waals surface area contributed by atoms with Gasteiger partial charge in [-0.05, 0) is 93.1 Å². The summed E-state index contributed by atoms with van der Waals surface area (Å²) in [4.78, 5) is 2.71. The normalized spacial score (nSPS) is 24.7. The number of nitrogens with one attached hydrogen (secondary N) is 3. The van der Waals surface area contributed by atoms with Crippen molar-refractivity contribution >= 4 is 11.5 Å². The van der Waals surface area contributed by atoms with Crippen molar-refractivity contribution in [2.75, 3.05) is 45.8 Å². The Balaban J connectivity index is 1.11. The van der Waals surface area contributed by atoms with Crippen molar-refractivity contribution in [3.05, 3.63) is 46.9 Å². The van der Waals surface area contributed by atoms with Crippen LogP contribution in [0.25, 0.3) is 11.1 Å². The minimum absolute atomic E-state index is 0.0341. The second kappa shape index (κ2) is 11.9. The molecule has 232 valence electrons. The topological polar surface area (TPSA) is 86.2 Å². The number of nitrogens with zero attached hydrogens (tertiary/aromatic N) is 4. The molecule has 0 bridgehead atoms. The largest absolute Gasteiger partial charge is 0.385 e. The van der Waals surface area contributed by atoms with Gasteiger partial charge in [-0.3, -0.25) is 15.3 Å². The van der Waals surface area contributed by atoms with E-state index in [1.54, 1.807) is 23.1 Å². The molecule has 5 N–H and O–H groups in total. The number of benzene rings is 1. The number of hydrogen-bond acceptors (Lipinski definition) is 5. The molecule has 0 unspecified atom stereocenters. The van der Waals surface area contributed by atoms with Crippen LogP contribution in [0.1, 0.15) is 68.9 Å². The third-order valence-electron chi connectivity index (χ3n) is 11.0. The van der Waals surface area contributed by atoms with Gasteiger partial charge in [0.25, 0.3) is 12.3 Å². The first kappa shape index (κ1) is 28.9. The molecule has 10 heteroatoms. The number of aromatic nitrogens is 2. The van der Waals surface area contributed by atoms with Crippen LogP contribution in [0, 0.1) is 5.41 Å². The van der Waals surface area contributed by atoms with Crippen molar-refractivity contribution in [3.8, 4) is 11.1 Å². The number of piperidine rings is 1. The number of nitrogens with two attached hydrogens (primary N) is 1. The average Bonchev–Trinajstić information content (AvgIpc) is 3.43. The molecule has 7 rings (SSSR count). The van der Waals surface area contributed by atoms with Gasteiger partial charge in [0.1, 0.15) is 5.69 Å². The molecule has 3 fully saturated rings. The lowest BCUT2D eigenvalue weighted by molar-refractivity contribution is -0.447. The van der Waals surface area contributed by atoms with Crippen molar-refractivity contribution in [1.29, 1.82) is 0 Å². The Morgan fingerprint density at radius 2 is 1.91 bits per heavy atom. The van der Waals surface area contributed by atoms with Gasteiger partial charge in [-0.2, -0.15) is 5.10 Å². The molecule has 1 aliphatic carbocycles. The van der Waals surface area contributed by atoms with Crippen LogP contribution in [-0.2, 0) is 13.5 Å². The van der Waals surface area contributed by atoms with E-state index in [0.29, 0.717) is 29.4 Å². The maximum absolute atomic E-state index is 14.4. The lowest BCUT2D eigenvalue weighted by Gasteiger charge is -2.49. The molecule has 0 atom stereocenters. The van der Waals surface area contributed by atoms with E-state index in [2.05, 4.69) is 30.5 Å². The Hall–Kier alpha value is -2.82.